The summed E-state index contributed by atoms with van der Waals surface area (Å²) < 4.78 is 21.3. The summed E-state index contributed by atoms with van der Waals surface area (Å²) in [6.07, 6.45) is 0.0595. The van der Waals surface area contributed by atoms with Gasteiger partial charge in [-0.15, -0.1) is 11.3 Å². The zero-order valence-corrected chi connectivity index (χ0v) is 20.4. The molecule has 1 aliphatic rings. The summed E-state index contributed by atoms with van der Waals surface area (Å²) in [5.74, 6) is -0.462. The molecule has 180 valence electrons. The van der Waals surface area contributed by atoms with Crippen LogP contribution in [-0.4, -0.2) is 33.3 Å². The van der Waals surface area contributed by atoms with Crippen LogP contribution in [0.3, 0.4) is 0 Å². The molecule has 0 spiro atoms. The molecule has 2 aromatic carbocycles. The van der Waals surface area contributed by atoms with Gasteiger partial charge in [0.1, 0.15) is 10.6 Å². The van der Waals surface area contributed by atoms with Gasteiger partial charge in [-0.05, 0) is 60.9 Å². The highest BCUT2D eigenvalue weighted by Gasteiger charge is 2.29. The van der Waals surface area contributed by atoms with Crippen molar-refractivity contribution in [2.24, 2.45) is 0 Å². The number of amides is 1. The Morgan fingerprint density at radius 3 is 2.51 bits per heavy atom. The van der Waals surface area contributed by atoms with Gasteiger partial charge in [-0.2, -0.15) is 0 Å². The number of carbonyl (C=O) groups excluding carboxylic acids is 1. The first-order valence-electron chi connectivity index (χ1n) is 11.1. The zero-order chi connectivity index (χ0) is 24.7. The number of aromatic nitrogens is 2. The first-order valence-corrected chi connectivity index (χ1v) is 12.3. The average Bonchev–Trinajstić information content (AvgIpc) is 3.23. The van der Waals surface area contributed by atoms with Gasteiger partial charge >= 0.3 is 11.8 Å². The van der Waals surface area contributed by atoms with Crippen molar-refractivity contribution < 1.29 is 13.9 Å². The minimum Gasteiger partial charge on any atom is -0.450 e. The monoisotopic (exact) mass is 513 g/mol. The lowest BCUT2D eigenvalue weighted by Crippen LogP contribution is -2.39. The Morgan fingerprint density at radius 1 is 1.11 bits per heavy atom. The summed E-state index contributed by atoms with van der Waals surface area (Å²) in [5.41, 5.74) is 0.978. The topological polar surface area (TPSA) is 73.5 Å². The Kier molecular flexibility index (Phi) is 6.21. The molecule has 0 saturated heterocycles. The Morgan fingerprint density at radius 2 is 1.83 bits per heavy atom. The van der Waals surface area contributed by atoms with Crippen molar-refractivity contribution in [2.75, 3.05) is 13.2 Å². The van der Waals surface area contributed by atoms with E-state index in [1.807, 2.05) is 12.1 Å². The lowest BCUT2D eigenvalue weighted by molar-refractivity contribution is 0.103. The SMILES string of the molecule is CCOC(=O)N1CCc2c(sc3c2c(=O)n(-c2ccc(F)cc2)c(=O)n3Cc2ccc(Cl)cc2)C1. The molecule has 0 aliphatic carbocycles. The summed E-state index contributed by atoms with van der Waals surface area (Å²) >= 11 is 7.36. The number of benzene rings is 2. The maximum Gasteiger partial charge on any atom is 0.410 e. The predicted octanol–water partition coefficient (Wildman–Crippen LogP) is 4.57. The molecular weight excluding hydrogens is 493 g/mol. The third-order valence-corrected chi connectivity index (χ3v) is 7.48. The van der Waals surface area contributed by atoms with Crippen LogP contribution in [0, 0.1) is 5.82 Å². The van der Waals surface area contributed by atoms with E-state index < -0.39 is 23.2 Å². The molecule has 2 aromatic heterocycles. The van der Waals surface area contributed by atoms with Crippen LogP contribution in [0.25, 0.3) is 15.9 Å². The largest absolute Gasteiger partial charge is 0.450 e. The summed E-state index contributed by atoms with van der Waals surface area (Å²) in [7, 11) is 0. The molecule has 0 fully saturated rings. The summed E-state index contributed by atoms with van der Waals surface area (Å²) in [6.45, 7) is 2.95. The number of thiophene rings is 1. The van der Waals surface area contributed by atoms with Gasteiger partial charge < -0.3 is 9.64 Å². The molecule has 0 saturated carbocycles. The fourth-order valence-corrected chi connectivity index (χ4v) is 5.78. The van der Waals surface area contributed by atoms with E-state index >= 15 is 0 Å². The van der Waals surface area contributed by atoms with Crippen molar-refractivity contribution >= 4 is 39.2 Å². The molecule has 1 amide bonds. The van der Waals surface area contributed by atoms with Crippen LogP contribution in [0.1, 0.15) is 22.9 Å². The average molecular weight is 514 g/mol. The molecule has 3 heterocycles. The van der Waals surface area contributed by atoms with Gasteiger partial charge in [0.25, 0.3) is 5.56 Å². The number of hydrogen-bond donors (Lipinski definition) is 0. The molecule has 0 bridgehead atoms. The quantitative estimate of drug-likeness (QED) is 0.401. The predicted molar refractivity (Wildman–Crippen MR) is 133 cm³/mol. The fourth-order valence-electron chi connectivity index (χ4n) is 4.31. The minimum atomic E-state index is -0.523. The number of nitrogens with zero attached hydrogens (tertiary/aromatic N) is 3. The van der Waals surface area contributed by atoms with Crippen LogP contribution in [0.4, 0.5) is 9.18 Å². The van der Waals surface area contributed by atoms with E-state index in [0.29, 0.717) is 34.7 Å². The van der Waals surface area contributed by atoms with Gasteiger partial charge in [0.15, 0.2) is 0 Å². The van der Waals surface area contributed by atoms with E-state index in [4.69, 9.17) is 16.3 Å². The molecule has 0 unspecified atom stereocenters. The van der Waals surface area contributed by atoms with E-state index in [1.165, 1.54) is 35.6 Å². The maximum absolute atomic E-state index is 13.7. The van der Waals surface area contributed by atoms with Crippen molar-refractivity contribution in [1.82, 2.24) is 14.0 Å². The number of ether oxygens (including phenoxy) is 1. The molecule has 0 radical (unpaired) electrons. The summed E-state index contributed by atoms with van der Waals surface area (Å²) in [4.78, 5) is 42.6. The molecule has 7 nitrogen and oxygen atoms in total. The van der Waals surface area contributed by atoms with Gasteiger partial charge in [0.2, 0.25) is 0 Å². The van der Waals surface area contributed by atoms with E-state index in [0.717, 1.165) is 20.6 Å². The molecule has 35 heavy (non-hydrogen) atoms. The molecule has 1 aliphatic heterocycles. The van der Waals surface area contributed by atoms with Crippen LogP contribution in [0.2, 0.25) is 5.02 Å². The summed E-state index contributed by atoms with van der Waals surface area (Å²) in [6, 6.07) is 12.4. The van der Waals surface area contributed by atoms with E-state index in [9.17, 15) is 18.8 Å². The molecule has 0 atom stereocenters. The van der Waals surface area contributed by atoms with Gasteiger partial charge in [-0.1, -0.05) is 23.7 Å². The van der Waals surface area contributed by atoms with Crippen molar-refractivity contribution in [3.8, 4) is 5.69 Å². The van der Waals surface area contributed by atoms with Crippen molar-refractivity contribution in [3.63, 3.8) is 0 Å². The van der Waals surface area contributed by atoms with Crippen LogP contribution in [-0.2, 0) is 24.2 Å². The molecular formula is C25H21ClFN3O4S. The van der Waals surface area contributed by atoms with Gasteiger partial charge in [0, 0.05) is 16.4 Å². The maximum atomic E-state index is 13.7. The van der Waals surface area contributed by atoms with E-state index in [2.05, 4.69) is 0 Å². The van der Waals surface area contributed by atoms with Gasteiger partial charge in [-0.3, -0.25) is 9.36 Å². The van der Waals surface area contributed by atoms with Gasteiger partial charge in [0.05, 0.1) is 30.8 Å². The molecule has 10 heteroatoms. The van der Waals surface area contributed by atoms with Crippen LogP contribution >= 0.6 is 22.9 Å². The van der Waals surface area contributed by atoms with Crippen molar-refractivity contribution in [3.05, 3.63) is 96.2 Å². The number of hydrogen-bond acceptors (Lipinski definition) is 5. The second-order valence-electron chi connectivity index (χ2n) is 8.17. The number of rotatable bonds is 4. The standard InChI is InChI=1S/C25H21ClFN3O4S/c1-2-34-25(33)28-12-11-19-20(14-28)35-23-21(19)22(31)30(18-9-7-17(27)8-10-18)24(32)29(23)13-15-3-5-16(26)6-4-15/h3-10H,2,11-14H2,1H3. The van der Waals surface area contributed by atoms with Crippen LogP contribution < -0.4 is 11.2 Å². The van der Waals surface area contributed by atoms with Crippen molar-refractivity contribution in [2.45, 2.75) is 26.4 Å². The number of halogens is 2. The smallest absolute Gasteiger partial charge is 0.410 e. The Labute approximate surface area is 208 Å². The highest BCUT2D eigenvalue weighted by atomic mass is 35.5. The summed E-state index contributed by atoms with van der Waals surface area (Å²) in [5, 5.41) is 1.03. The second-order valence-corrected chi connectivity index (χ2v) is 9.69. The highest BCUT2D eigenvalue weighted by molar-refractivity contribution is 7.18. The van der Waals surface area contributed by atoms with Crippen LogP contribution in [0.15, 0.2) is 58.1 Å². The third kappa shape index (κ3) is 4.26. The first kappa shape index (κ1) is 23.3. The number of carbonyl (C=O) groups is 1. The number of fused-ring (bicyclic) bond motifs is 3. The Hall–Kier alpha value is -3.43. The Balaban J connectivity index is 1.72. The first-order chi connectivity index (χ1) is 16.9. The molecule has 0 N–H and O–H groups in total. The van der Waals surface area contributed by atoms with Crippen LogP contribution in [0.5, 0.6) is 0 Å². The van der Waals surface area contributed by atoms with Gasteiger partial charge in [-0.25, -0.2) is 18.5 Å². The Bertz CT molecular complexity index is 1540. The highest BCUT2D eigenvalue weighted by Crippen LogP contribution is 2.33. The second kappa shape index (κ2) is 9.31. The zero-order valence-electron chi connectivity index (χ0n) is 18.8. The normalized spacial score (nSPS) is 13.2. The third-order valence-electron chi connectivity index (χ3n) is 5.99. The molecule has 4 aromatic rings. The minimum absolute atomic E-state index is 0.217. The lowest BCUT2D eigenvalue weighted by Gasteiger charge is -2.25. The fraction of sp³-hybridized carbons (Fsp3) is 0.240. The van der Waals surface area contributed by atoms with E-state index in [-0.39, 0.29) is 18.8 Å². The molecule has 5 rings (SSSR count). The van der Waals surface area contributed by atoms with Crippen molar-refractivity contribution in [1.29, 1.82) is 0 Å². The van der Waals surface area contributed by atoms with E-state index in [1.54, 1.807) is 28.5 Å². The lowest BCUT2D eigenvalue weighted by atomic mass is 10.1.